The van der Waals surface area contributed by atoms with Gasteiger partial charge in [0.05, 0.1) is 7.11 Å². The molecule has 0 bridgehead atoms. The van der Waals surface area contributed by atoms with Crippen LogP contribution in [-0.4, -0.2) is 13.7 Å². The molecule has 0 aromatic heterocycles. The number of unbranched alkanes of at least 4 members (excludes halogenated alkanes) is 1. The van der Waals surface area contributed by atoms with E-state index in [2.05, 4.69) is 18.2 Å². The van der Waals surface area contributed by atoms with Crippen LogP contribution in [0, 0.1) is 0 Å². The molecule has 2 nitrogen and oxygen atoms in total. The number of benzene rings is 1. The zero-order chi connectivity index (χ0) is 12.8. The van der Waals surface area contributed by atoms with Crippen LogP contribution in [0.5, 0.6) is 5.75 Å². The Morgan fingerprint density at radius 2 is 2.00 bits per heavy atom. The molecule has 2 N–H and O–H groups in total. The van der Waals surface area contributed by atoms with E-state index in [0.29, 0.717) is 0 Å². The molecular weight excluding hydrogens is 222 g/mol. The van der Waals surface area contributed by atoms with E-state index in [1.165, 1.54) is 36.8 Å². The molecule has 2 rings (SSSR count). The monoisotopic (exact) mass is 247 g/mol. The van der Waals surface area contributed by atoms with Gasteiger partial charge in [0.2, 0.25) is 0 Å². The first-order valence-electron chi connectivity index (χ1n) is 7.22. The van der Waals surface area contributed by atoms with Crippen LogP contribution in [0.4, 0.5) is 0 Å². The van der Waals surface area contributed by atoms with Crippen LogP contribution in [-0.2, 0) is 6.42 Å². The van der Waals surface area contributed by atoms with Crippen molar-refractivity contribution < 1.29 is 4.74 Å². The van der Waals surface area contributed by atoms with Crippen LogP contribution in [0.15, 0.2) is 18.2 Å². The van der Waals surface area contributed by atoms with E-state index in [1.54, 1.807) is 7.11 Å². The number of hydrogen-bond donors (Lipinski definition) is 1. The van der Waals surface area contributed by atoms with Gasteiger partial charge in [0.25, 0.3) is 0 Å². The van der Waals surface area contributed by atoms with Gasteiger partial charge in [0, 0.05) is 0 Å². The summed E-state index contributed by atoms with van der Waals surface area (Å²) in [6.07, 6.45) is 8.82. The number of ether oxygens (including phenoxy) is 1. The van der Waals surface area contributed by atoms with Crippen molar-refractivity contribution in [2.45, 2.75) is 50.9 Å². The Morgan fingerprint density at radius 1 is 1.22 bits per heavy atom. The Bertz CT molecular complexity index is 369. The molecule has 0 heterocycles. The predicted octanol–water partition coefficient (Wildman–Crippen LogP) is 3.63. The molecule has 0 atom stereocenters. The van der Waals surface area contributed by atoms with Crippen LogP contribution in [0.3, 0.4) is 0 Å². The number of methoxy groups -OCH3 is 1. The summed E-state index contributed by atoms with van der Waals surface area (Å²) in [4.78, 5) is 0. The van der Waals surface area contributed by atoms with Gasteiger partial charge in [-0.2, -0.15) is 0 Å². The molecule has 1 aromatic rings. The standard InChI is InChI=1S/C16H25NO/c1-18-16-10-9-14(13-6-2-3-7-13)12-15(16)8-4-5-11-17/h9-10,12-13H,2-8,11,17H2,1H3. The van der Waals surface area contributed by atoms with Gasteiger partial charge in [-0.1, -0.05) is 25.0 Å². The first kappa shape index (κ1) is 13.4. The lowest BCUT2D eigenvalue weighted by Gasteiger charge is -2.14. The molecule has 0 saturated heterocycles. The third-order valence-electron chi connectivity index (χ3n) is 4.03. The first-order valence-corrected chi connectivity index (χ1v) is 7.22. The Labute approximate surface area is 111 Å². The summed E-state index contributed by atoms with van der Waals surface area (Å²) in [5.41, 5.74) is 8.43. The van der Waals surface area contributed by atoms with Gasteiger partial charge < -0.3 is 10.5 Å². The summed E-state index contributed by atoms with van der Waals surface area (Å²) in [5, 5.41) is 0. The van der Waals surface area contributed by atoms with E-state index < -0.39 is 0 Å². The van der Waals surface area contributed by atoms with E-state index in [0.717, 1.165) is 37.5 Å². The van der Waals surface area contributed by atoms with Gasteiger partial charge in [-0.05, 0) is 61.8 Å². The van der Waals surface area contributed by atoms with E-state index in [4.69, 9.17) is 10.5 Å². The van der Waals surface area contributed by atoms with E-state index in [9.17, 15) is 0 Å². The second kappa shape index (κ2) is 6.79. The molecule has 1 aliphatic rings. The molecule has 18 heavy (non-hydrogen) atoms. The van der Waals surface area contributed by atoms with E-state index in [1.807, 2.05) is 0 Å². The number of nitrogens with two attached hydrogens (primary N) is 1. The minimum absolute atomic E-state index is 0.782. The van der Waals surface area contributed by atoms with Gasteiger partial charge in [-0.15, -0.1) is 0 Å². The van der Waals surface area contributed by atoms with Gasteiger partial charge in [0.1, 0.15) is 5.75 Å². The van der Waals surface area contributed by atoms with Crippen molar-refractivity contribution in [1.29, 1.82) is 0 Å². The van der Waals surface area contributed by atoms with Crippen LogP contribution in [0.25, 0.3) is 0 Å². The molecular formula is C16H25NO. The molecule has 1 saturated carbocycles. The van der Waals surface area contributed by atoms with Crippen molar-refractivity contribution in [2.24, 2.45) is 5.73 Å². The zero-order valence-electron chi connectivity index (χ0n) is 11.5. The molecule has 100 valence electrons. The fraction of sp³-hybridized carbons (Fsp3) is 0.625. The molecule has 2 heteroatoms. The number of hydrogen-bond acceptors (Lipinski definition) is 2. The van der Waals surface area contributed by atoms with Crippen molar-refractivity contribution in [2.75, 3.05) is 13.7 Å². The Kier molecular flexibility index (Phi) is 5.06. The fourth-order valence-electron chi connectivity index (χ4n) is 2.97. The predicted molar refractivity (Wildman–Crippen MR) is 76.2 cm³/mol. The Morgan fingerprint density at radius 3 is 2.67 bits per heavy atom. The Hall–Kier alpha value is -1.02. The number of rotatable bonds is 6. The highest BCUT2D eigenvalue weighted by molar-refractivity contribution is 5.39. The lowest BCUT2D eigenvalue weighted by atomic mass is 9.94. The number of aryl methyl sites for hydroxylation is 1. The lowest BCUT2D eigenvalue weighted by Crippen LogP contribution is -2.01. The van der Waals surface area contributed by atoms with Crippen molar-refractivity contribution in [3.8, 4) is 5.75 Å². The SMILES string of the molecule is COc1ccc(C2CCCC2)cc1CCCCN. The third-order valence-corrected chi connectivity index (χ3v) is 4.03. The van der Waals surface area contributed by atoms with Crippen LogP contribution in [0.2, 0.25) is 0 Å². The summed E-state index contributed by atoms with van der Waals surface area (Å²) < 4.78 is 5.46. The summed E-state index contributed by atoms with van der Waals surface area (Å²) >= 11 is 0. The average Bonchev–Trinajstić information content (AvgIpc) is 2.93. The molecule has 0 amide bonds. The molecule has 0 spiro atoms. The third kappa shape index (κ3) is 3.26. The maximum Gasteiger partial charge on any atom is 0.122 e. The lowest BCUT2D eigenvalue weighted by molar-refractivity contribution is 0.408. The van der Waals surface area contributed by atoms with E-state index >= 15 is 0 Å². The molecule has 1 fully saturated rings. The normalized spacial score (nSPS) is 16.1. The van der Waals surface area contributed by atoms with Gasteiger partial charge in [-0.25, -0.2) is 0 Å². The zero-order valence-corrected chi connectivity index (χ0v) is 11.5. The summed E-state index contributed by atoms with van der Waals surface area (Å²) in [7, 11) is 1.76. The molecule has 1 aliphatic carbocycles. The topological polar surface area (TPSA) is 35.2 Å². The molecule has 0 unspecified atom stereocenters. The molecule has 1 aromatic carbocycles. The largest absolute Gasteiger partial charge is 0.496 e. The summed E-state index contributed by atoms with van der Waals surface area (Å²) in [6.45, 7) is 0.782. The first-order chi connectivity index (χ1) is 8.85. The van der Waals surface area contributed by atoms with Crippen LogP contribution in [0.1, 0.15) is 55.6 Å². The maximum absolute atomic E-state index is 5.56. The molecule has 0 aliphatic heterocycles. The summed E-state index contributed by atoms with van der Waals surface area (Å²) in [6, 6.07) is 6.76. The smallest absolute Gasteiger partial charge is 0.122 e. The average molecular weight is 247 g/mol. The van der Waals surface area contributed by atoms with Gasteiger partial charge >= 0.3 is 0 Å². The van der Waals surface area contributed by atoms with Crippen molar-refractivity contribution in [3.05, 3.63) is 29.3 Å². The molecule has 0 radical (unpaired) electrons. The fourth-order valence-corrected chi connectivity index (χ4v) is 2.97. The highest BCUT2D eigenvalue weighted by Gasteiger charge is 2.18. The summed E-state index contributed by atoms with van der Waals surface area (Å²) in [5.74, 6) is 1.82. The maximum atomic E-state index is 5.56. The van der Waals surface area contributed by atoms with Crippen LogP contribution < -0.4 is 10.5 Å². The van der Waals surface area contributed by atoms with Crippen LogP contribution >= 0.6 is 0 Å². The van der Waals surface area contributed by atoms with Gasteiger partial charge in [0.15, 0.2) is 0 Å². The highest BCUT2D eigenvalue weighted by atomic mass is 16.5. The van der Waals surface area contributed by atoms with Crippen molar-refractivity contribution >= 4 is 0 Å². The van der Waals surface area contributed by atoms with E-state index in [-0.39, 0.29) is 0 Å². The minimum Gasteiger partial charge on any atom is -0.496 e. The Balaban J connectivity index is 2.10. The second-order valence-electron chi connectivity index (χ2n) is 5.30. The van der Waals surface area contributed by atoms with Crippen molar-refractivity contribution in [3.63, 3.8) is 0 Å². The van der Waals surface area contributed by atoms with Crippen molar-refractivity contribution in [1.82, 2.24) is 0 Å². The quantitative estimate of drug-likeness (QED) is 0.779. The minimum atomic E-state index is 0.782. The highest BCUT2D eigenvalue weighted by Crippen LogP contribution is 2.36. The second-order valence-corrected chi connectivity index (χ2v) is 5.30. The van der Waals surface area contributed by atoms with Gasteiger partial charge in [-0.3, -0.25) is 0 Å².